The van der Waals surface area contributed by atoms with Crippen LogP contribution in [0, 0.1) is 0 Å². The first-order chi connectivity index (χ1) is 8.72. The summed E-state index contributed by atoms with van der Waals surface area (Å²) in [7, 11) is 0. The Morgan fingerprint density at radius 3 is 2.72 bits per heavy atom. The summed E-state index contributed by atoms with van der Waals surface area (Å²) in [6, 6.07) is 9.30. The molecule has 1 unspecified atom stereocenters. The van der Waals surface area contributed by atoms with E-state index in [1.165, 1.54) is 24.1 Å². The highest BCUT2D eigenvalue weighted by Gasteiger charge is 2.23. The number of nitrogens with two attached hydrogens (primary N) is 1. The van der Waals surface area contributed by atoms with Gasteiger partial charge in [0.15, 0.2) is 0 Å². The van der Waals surface area contributed by atoms with Crippen LogP contribution in [0.4, 0.5) is 5.69 Å². The van der Waals surface area contributed by atoms with Crippen LogP contribution in [-0.2, 0) is 0 Å². The Morgan fingerprint density at radius 2 is 2.11 bits per heavy atom. The van der Waals surface area contributed by atoms with Gasteiger partial charge in [-0.05, 0) is 50.3 Å². The molecule has 1 saturated heterocycles. The fraction of sp³-hybridized carbons (Fsp3) is 0.600. The van der Waals surface area contributed by atoms with Crippen molar-refractivity contribution in [3.05, 3.63) is 29.8 Å². The van der Waals surface area contributed by atoms with Crippen molar-refractivity contribution in [1.29, 1.82) is 0 Å². The molecule has 2 rings (SSSR count). The Hall–Kier alpha value is -1.06. The number of rotatable bonds is 5. The lowest BCUT2D eigenvalue weighted by Crippen LogP contribution is -2.29. The zero-order valence-corrected chi connectivity index (χ0v) is 11.2. The van der Waals surface area contributed by atoms with E-state index in [0.717, 1.165) is 19.4 Å². The average molecular weight is 248 g/mol. The molecule has 18 heavy (non-hydrogen) atoms. The maximum Gasteiger partial charge on any atom is 0.0431 e. The van der Waals surface area contributed by atoms with E-state index >= 15 is 0 Å². The van der Waals surface area contributed by atoms with Crippen LogP contribution in [0.5, 0.6) is 0 Å². The molecular formula is C15H24N2O. The van der Waals surface area contributed by atoms with E-state index in [9.17, 15) is 0 Å². The number of aliphatic hydroxyl groups is 1. The van der Waals surface area contributed by atoms with E-state index < -0.39 is 0 Å². The molecule has 1 aliphatic rings. The Morgan fingerprint density at radius 1 is 1.39 bits per heavy atom. The highest BCUT2D eigenvalue weighted by molar-refractivity contribution is 5.49. The van der Waals surface area contributed by atoms with Gasteiger partial charge < -0.3 is 15.7 Å². The van der Waals surface area contributed by atoms with E-state index in [4.69, 9.17) is 10.8 Å². The SMILES string of the molecule is C[C@@H](N)c1ccc(N2CCCC2CCCO)cc1. The fourth-order valence-corrected chi connectivity index (χ4v) is 2.77. The number of anilines is 1. The normalized spacial score (nSPS) is 21.3. The van der Waals surface area contributed by atoms with Crippen LogP contribution in [0.3, 0.4) is 0 Å². The summed E-state index contributed by atoms with van der Waals surface area (Å²) in [6.45, 7) is 3.44. The zero-order valence-electron chi connectivity index (χ0n) is 11.2. The van der Waals surface area contributed by atoms with Crippen LogP contribution >= 0.6 is 0 Å². The van der Waals surface area contributed by atoms with E-state index in [1.54, 1.807) is 0 Å². The van der Waals surface area contributed by atoms with Gasteiger partial charge in [-0.25, -0.2) is 0 Å². The largest absolute Gasteiger partial charge is 0.396 e. The molecule has 0 amide bonds. The molecule has 1 fully saturated rings. The van der Waals surface area contributed by atoms with Gasteiger partial charge in [0.05, 0.1) is 0 Å². The zero-order chi connectivity index (χ0) is 13.0. The van der Waals surface area contributed by atoms with Crippen molar-refractivity contribution in [1.82, 2.24) is 0 Å². The summed E-state index contributed by atoms with van der Waals surface area (Å²) in [5.74, 6) is 0. The lowest BCUT2D eigenvalue weighted by Gasteiger charge is -2.27. The van der Waals surface area contributed by atoms with Crippen LogP contribution in [-0.4, -0.2) is 24.3 Å². The maximum atomic E-state index is 8.95. The van der Waals surface area contributed by atoms with Gasteiger partial charge in [0, 0.05) is 30.9 Å². The van der Waals surface area contributed by atoms with Crippen molar-refractivity contribution >= 4 is 5.69 Å². The maximum absolute atomic E-state index is 8.95. The summed E-state index contributed by atoms with van der Waals surface area (Å²) < 4.78 is 0. The quantitative estimate of drug-likeness (QED) is 0.841. The van der Waals surface area contributed by atoms with Crippen molar-refractivity contribution in [2.24, 2.45) is 5.73 Å². The molecule has 100 valence electrons. The number of hydrogen-bond donors (Lipinski definition) is 2. The van der Waals surface area contributed by atoms with Gasteiger partial charge in [0.25, 0.3) is 0 Å². The molecule has 3 nitrogen and oxygen atoms in total. The molecule has 1 aliphatic heterocycles. The lowest BCUT2D eigenvalue weighted by molar-refractivity contribution is 0.279. The van der Waals surface area contributed by atoms with Crippen molar-refractivity contribution in [3.8, 4) is 0 Å². The minimum Gasteiger partial charge on any atom is -0.396 e. The second-order valence-corrected chi connectivity index (χ2v) is 5.24. The minimum absolute atomic E-state index is 0.0998. The molecule has 0 bridgehead atoms. The molecule has 2 atom stereocenters. The number of aliphatic hydroxyl groups excluding tert-OH is 1. The topological polar surface area (TPSA) is 49.5 Å². The monoisotopic (exact) mass is 248 g/mol. The summed E-state index contributed by atoms with van der Waals surface area (Å²) >= 11 is 0. The fourth-order valence-electron chi connectivity index (χ4n) is 2.77. The molecule has 3 heteroatoms. The molecule has 3 N–H and O–H groups in total. The van der Waals surface area contributed by atoms with Crippen LogP contribution in [0.25, 0.3) is 0 Å². The van der Waals surface area contributed by atoms with Gasteiger partial charge in [0.1, 0.15) is 0 Å². The minimum atomic E-state index is 0.0998. The number of hydrogen-bond acceptors (Lipinski definition) is 3. The third-order valence-electron chi connectivity index (χ3n) is 3.82. The van der Waals surface area contributed by atoms with E-state index in [0.29, 0.717) is 12.6 Å². The molecule has 0 aromatic heterocycles. The third-order valence-corrected chi connectivity index (χ3v) is 3.82. The predicted molar refractivity (Wildman–Crippen MR) is 75.7 cm³/mol. The summed E-state index contributed by atoms with van der Waals surface area (Å²) in [5, 5.41) is 8.95. The molecule has 0 radical (unpaired) electrons. The van der Waals surface area contributed by atoms with E-state index in [-0.39, 0.29) is 6.04 Å². The molecule has 0 spiro atoms. The van der Waals surface area contributed by atoms with Crippen molar-refractivity contribution in [2.45, 2.75) is 44.7 Å². The molecular weight excluding hydrogens is 224 g/mol. The van der Waals surface area contributed by atoms with E-state index in [2.05, 4.69) is 29.2 Å². The smallest absolute Gasteiger partial charge is 0.0431 e. The standard InChI is InChI=1S/C15H24N2O/c1-12(16)13-6-8-15(9-7-13)17-10-2-4-14(17)5-3-11-18/h6-9,12,14,18H,2-5,10-11,16H2,1H3/t12-,14?/m1/s1. The Bertz CT molecular complexity index is 361. The summed E-state index contributed by atoms with van der Waals surface area (Å²) in [5.41, 5.74) is 8.35. The molecule has 1 aromatic rings. The van der Waals surface area contributed by atoms with Gasteiger partial charge >= 0.3 is 0 Å². The number of nitrogens with zero attached hydrogens (tertiary/aromatic N) is 1. The first-order valence-corrected chi connectivity index (χ1v) is 6.95. The second kappa shape index (κ2) is 6.21. The van der Waals surface area contributed by atoms with Crippen LogP contribution in [0.15, 0.2) is 24.3 Å². The van der Waals surface area contributed by atoms with Gasteiger partial charge in [-0.3, -0.25) is 0 Å². The first kappa shape index (κ1) is 13.4. The van der Waals surface area contributed by atoms with Crippen LogP contribution < -0.4 is 10.6 Å². The Labute approximate surface area is 110 Å². The van der Waals surface area contributed by atoms with E-state index in [1.807, 2.05) is 6.92 Å². The second-order valence-electron chi connectivity index (χ2n) is 5.24. The molecule has 1 aromatic carbocycles. The summed E-state index contributed by atoms with van der Waals surface area (Å²) in [4.78, 5) is 2.47. The van der Waals surface area contributed by atoms with Gasteiger partial charge in [-0.2, -0.15) is 0 Å². The molecule has 0 saturated carbocycles. The van der Waals surface area contributed by atoms with Crippen molar-refractivity contribution in [2.75, 3.05) is 18.1 Å². The van der Waals surface area contributed by atoms with Crippen molar-refractivity contribution < 1.29 is 5.11 Å². The van der Waals surface area contributed by atoms with Gasteiger partial charge in [0.2, 0.25) is 0 Å². The predicted octanol–water partition coefficient (Wildman–Crippen LogP) is 2.45. The molecule has 1 heterocycles. The average Bonchev–Trinajstić information content (AvgIpc) is 2.84. The van der Waals surface area contributed by atoms with Crippen molar-refractivity contribution in [3.63, 3.8) is 0 Å². The van der Waals surface area contributed by atoms with Crippen LogP contribution in [0.2, 0.25) is 0 Å². The third kappa shape index (κ3) is 3.03. The van der Waals surface area contributed by atoms with Gasteiger partial charge in [-0.1, -0.05) is 12.1 Å². The first-order valence-electron chi connectivity index (χ1n) is 6.95. The lowest BCUT2D eigenvalue weighted by atomic mass is 10.1. The summed E-state index contributed by atoms with van der Waals surface area (Å²) in [6.07, 6.45) is 4.49. The molecule has 0 aliphatic carbocycles. The Balaban J connectivity index is 2.05. The highest BCUT2D eigenvalue weighted by Crippen LogP contribution is 2.28. The van der Waals surface area contributed by atoms with Crippen LogP contribution in [0.1, 0.15) is 44.2 Å². The Kier molecular flexibility index (Phi) is 4.61. The number of benzene rings is 1. The highest BCUT2D eigenvalue weighted by atomic mass is 16.2. The van der Waals surface area contributed by atoms with Gasteiger partial charge in [-0.15, -0.1) is 0 Å².